The second-order valence-corrected chi connectivity index (χ2v) is 9.37. The summed E-state index contributed by atoms with van der Waals surface area (Å²) >= 11 is 0. The van der Waals surface area contributed by atoms with Crippen LogP contribution in [0.15, 0.2) is 36.4 Å². The Balaban J connectivity index is 0.000000350. The minimum Gasteiger partial charge on any atom is -0.478 e. The number of carbonyl (C=O) groups excluding carboxylic acids is 2. The second kappa shape index (κ2) is 12.5. The Morgan fingerprint density at radius 1 is 0.912 bits per heavy atom. The Bertz CT molecular complexity index is 898. The standard InChI is InChI=1S/C22H30N2O2.C4H4O4/c25-21(18-6-2-1-3-7-18)16-23-12-10-17(11-13-23)14-24-15-19-8-4-5-9-20(19)22(24)26;5-3(6)1-2-4(7)8/h4-5,8-9,17-18H,1-3,6-7,10-16H2;1-2H,(H,5,6)(H,7,8). The van der Waals surface area contributed by atoms with E-state index in [4.69, 9.17) is 10.2 Å². The topological polar surface area (TPSA) is 115 Å². The number of fused-ring (bicyclic) bond motifs is 1. The van der Waals surface area contributed by atoms with Gasteiger partial charge in [-0.25, -0.2) is 9.59 Å². The number of Topliss-reactive ketones (excluding diaryl/α,β-unsaturated/α-hetero) is 1. The first-order chi connectivity index (χ1) is 16.3. The fourth-order valence-electron chi connectivity index (χ4n) is 5.02. The van der Waals surface area contributed by atoms with E-state index in [1.54, 1.807) is 0 Å². The van der Waals surface area contributed by atoms with E-state index in [-0.39, 0.29) is 5.91 Å². The molecule has 1 saturated heterocycles. The van der Waals surface area contributed by atoms with Crippen LogP contribution in [0.25, 0.3) is 0 Å². The molecule has 0 atom stereocenters. The van der Waals surface area contributed by atoms with Crippen LogP contribution in [0.2, 0.25) is 0 Å². The van der Waals surface area contributed by atoms with Crippen molar-refractivity contribution in [3.05, 3.63) is 47.5 Å². The van der Waals surface area contributed by atoms with Crippen LogP contribution in [0.1, 0.15) is 60.9 Å². The first-order valence-corrected chi connectivity index (χ1v) is 12.1. The molecule has 2 heterocycles. The van der Waals surface area contributed by atoms with Crippen molar-refractivity contribution in [2.24, 2.45) is 11.8 Å². The van der Waals surface area contributed by atoms with Gasteiger partial charge in [-0.15, -0.1) is 0 Å². The van der Waals surface area contributed by atoms with Crippen LogP contribution in [0.4, 0.5) is 0 Å². The van der Waals surface area contributed by atoms with Crippen molar-refractivity contribution in [2.45, 2.75) is 51.5 Å². The molecule has 0 bridgehead atoms. The molecule has 2 aliphatic heterocycles. The lowest BCUT2D eigenvalue weighted by Crippen LogP contribution is -2.42. The van der Waals surface area contributed by atoms with Crippen LogP contribution < -0.4 is 0 Å². The zero-order chi connectivity index (χ0) is 24.5. The van der Waals surface area contributed by atoms with Crippen LogP contribution in [-0.4, -0.2) is 69.8 Å². The fourth-order valence-corrected chi connectivity index (χ4v) is 5.02. The number of likely N-dealkylation sites (tertiary alicyclic amines) is 1. The van der Waals surface area contributed by atoms with Crippen LogP contribution in [0.3, 0.4) is 0 Å². The van der Waals surface area contributed by atoms with E-state index in [1.165, 1.54) is 19.3 Å². The predicted octanol–water partition coefficient (Wildman–Crippen LogP) is 3.22. The van der Waals surface area contributed by atoms with Gasteiger partial charge in [0.15, 0.2) is 0 Å². The van der Waals surface area contributed by atoms with Crippen molar-refractivity contribution < 1.29 is 29.4 Å². The van der Waals surface area contributed by atoms with E-state index in [0.717, 1.165) is 63.0 Å². The zero-order valence-electron chi connectivity index (χ0n) is 19.5. The molecule has 4 rings (SSSR count). The minimum atomic E-state index is -1.26. The lowest BCUT2D eigenvalue weighted by molar-refractivity contribution is -0.134. The highest BCUT2D eigenvalue weighted by Gasteiger charge is 2.31. The lowest BCUT2D eigenvalue weighted by atomic mass is 9.85. The van der Waals surface area contributed by atoms with Crippen LogP contribution >= 0.6 is 0 Å². The molecule has 34 heavy (non-hydrogen) atoms. The number of hydrogen-bond acceptors (Lipinski definition) is 5. The van der Waals surface area contributed by atoms with Crippen LogP contribution in [-0.2, 0) is 20.9 Å². The van der Waals surface area contributed by atoms with E-state index in [0.29, 0.717) is 36.3 Å². The normalized spacial score (nSPS) is 19.5. The third-order valence-electron chi connectivity index (χ3n) is 6.89. The number of benzene rings is 1. The van der Waals surface area contributed by atoms with E-state index in [2.05, 4.69) is 11.0 Å². The van der Waals surface area contributed by atoms with E-state index in [1.807, 2.05) is 23.1 Å². The van der Waals surface area contributed by atoms with Crippen molar-refractivity contribution in [1.82, 2.24) is 9.80 Å². The monoisotopic (exact) mass is 470 g/mol. The molecule has 1 saturated carbocycles. The van der Waals surface area contributed by atoms with Gasteiger partial charge in [-0.1, -0.05) is 37.5 Å². The highest BCUT2D eigenvalue weighted by atomic mass is 16.4. The van der Waals surface area contributed by atoms with E-state index in [9.17, 15) is 19.2 Å². The van der Waals surface area contributed by atoms with Crippen molar-refractivity contribution in [1.29, 1.82) is 0 Å². The second-order valence-electron chi connectivity index (χ2n) is 9.37. The number of hydrogen-bond donors (Lipinski definition) is 2. The summed E-state index contributed by atoms with van der Waals surface area (Å²) in [6.45, 7) is 4.26. The third kappa shape index (κ3) is 7.52. The molecule has 0 spiro atoms. The molecule has 8 heteroatoms. The molecular weight excluding hydrogens is 436 g/mol. The van der Waals surface area contributed by atoms with Gasteiger partial charge in [-0.3, -0.25) is 14.5 Å². The molecule has 0 unspecified atom stereocenters. The molecule has 2 fully saturated rings. The smallest absolute Gasteiger partial charge is 0.328 e. The number of piperidine rings is 1. The summed E-state index contributed by atoms with van der Waals surface area (Å²) in [6, 6.07) is 7.96. The highest BCUT2D eigenvalue weighted by Crippen LogP contribution is 2.28. The number of amides is 1. The highest BCUT2D eigenvalue weighted by molar-refractivity contribution is 5.98. The Kier molecular flexibility index (Phi) is 9.39. The number of carbonyl (C=O) groups is 4. The van der Waals surface area contributed by atoms with Crippen molar-refractivity contribution in [2.75, 3.05) is 26.2 Å². The third-order valence-corrected chi connectivity index (χ3v) is 6.89. The summed E-state index contributed by atoms with van der Waals surface area (Å²) in [7, 11) is 0. The minimum absolute atomic E-state index is 0.190. The number of carboxylic acid groups (broad SMARTS) is 2. The maximum Gasteiger partial charge on any atom is 0.328 e. The average molecular weight is 471 g/mol. The van der Waals surface area contributed by atoms with Crippen LogP contribution in [0.5, 0.6) is 0 Å². The summed E-state index contributed by atoms with van der Waals surface area (Å²) in [5, 5.41) is 15.6. The SMILES string of the molecule is O=C(CN1CCC(CN2Cc3ccccc3C2=O)CC1)C1CCCCC1.O=C(O)C=CC(=O)O. The first-order valence-electron chi connectivity index (χ1n) is 12.1. The van der Waals surface area contributed by atoms with Gasteiger partial charge in [0, 0.05) is 36.7 Å². The maximum absolute atomic E-state index is 12.5. The quantitative estimate of drug-likeness (QED) is 0.588. The maximum atomic E-state index is 12.5. The van der Waals surface area contributed by atoms with Crippen molar-refractivity contribution in [3.8, 4) is 0 Å². The molecule has 3 aliphatic rings. The summed E-state index contributed by atoms with van der Waals surface area (Å²) in [4.78, 5) is 48.5. The predicted molar refractivity (Wildman–Crippen MR) is 126 cm³/mol. The first kappa shape index (κ1) is 25.6. The van der Waals surface area contributed by atoms with Crippen molar-refractivity contribution >= 4 is 23.6 Å². The zero-order valence-corrected chi connectivity index (χ0v) is 19.5. The molecule has 2 N–H and O–H groups in total. The number of aliphatic carboxylic acids is 2. The molecule has 184 valence electrons. The van der Waals surface area contributed by atoms with Gasteiger partial charge in [0.25, 0.3) is 5.91 Å². The van der Waals surface area contributed by atoms with E-state index >= 15 is 0 Å². The average Bonchev–Trinajstić information content (AvgIpc) is 3.15. The molecule has 1 aromatic rings. The molecule has 0 aromatic heterocycles. The number of carboxylic acids is 2. The van der Waals surface area contributed by atoms with Gasteiger partial charge in [0.1, 0.15) is 5.78 Å². The van der Waals surface area contributed by atoms with Gasteiger partial charge < -0.3 is 15.1 Å². The molecule has 1 aromatic carbocycles. The summed E-state index contributed by atoms with van der Waals surface area (Å²) in [5.41, 5.74) is 2.04. The van der Waals surface area contributed by atoms with Gasteiger partial charge in [0.05, 0.1) is 6.54 Å². The Hall–Kier alpha value is -3.00. The Morgan fingerprint density at radius 2 is 1.53 bits per heavy atom. The van der Waals surface area contributed by atoms with E-state index < -0.39 is 11.9 Å². The number of ketones is 1. The van der Waals surface area contributed by atoms with Crippen molar-refractivity contribution in [3.63, 3.8) is 0 Å². The molecular formula is C26H34N2O6. The molecule has 0 radical (unpaired) electrons. The lowest BCUT2D eigenvalue weighted by Gasteiger charge is -2.34. The molecule has 1 aliphatic carbocycles. The molecule has 8 nitrogen and oxygen atoms in total. The summed E-state index contributed by atoms with van der Waals surface area (Å²) in [5.74, 6) is -0.972. The van der Waals surface area contributed by atoms with Gasteiger partial charge in [-0.05, 0) is 56.3 Å². The summed E-state index contributed by atoms with van der Waals surface area (Å²) < 4.78 is 0. The number of nitrogens with zero attached hydrogens (tertiary/aromatic N) is 2. The molecule has 1 amide bonds. The Morgan fingerprint density at radius 3 is 2.12 bits per heavy atom. The largest absolute Gasteiger partial charge is 0.478 e. The van der Waals surface area contributed by atoms with Gasteiger partial charge >= 0.3 is 11.9 Å². The van der Waals surface area contributed by atoms with Gasteiger partial charge in [0.2, 0.25) is 0 Å². The van der Waals surface area contributed by atoms with Gasteiger partial charge in [-0.2, -0.15) is 0 Å². The Labute approximate surface area is 200 Å². The number of rotatable bonds is 7. The fraction of sp³-hybridized carbons (Fsp3) is 0.538. The van der Waals surface area contributed by atoms with Crippen LogP contribution in [0, 0.1) is 11.8 Å². The summed E-state index contributed by atoms with van der Waals surface area (Å²) in [6.07, 6.45) is 9.27.